The van der Waals surface area contributed by atoms with Crippen molar-refractivity contribution < 1.29 is 14.6 Å². The van der Waals surface area contributed by atoms with Gasteiger partial charge in [0.15, 0.2) is 5.78 Å². The van der Waals surface area contributed by atoms with Crippen LogP contribution in [-0.2, 0) is 6.54 Å². The van der Waals surface area contributed by atoms with Crippen LogP contribution < -0.4 is 20.2 Å². The van der Waals surface area contributed by atoms with Crippen LogP contribution in [0.4, 0.5) is 11.4 Å². The number of phenols is 1. The first-order valence-electron chi connectivity index (χ1n) is 15.9. The number of carbonyl (C=O) groups is 1. The lowest BCUT2D eigenvalue weighted by atomic mass is 10.0. The Morgan fingerprint density at radius 1 is 0.674 bits per heavy atom. The molecule has 236 valence electrons. The summed E-state index contributed by atoms with van der Waals surface area (Å²) in [4.78, 5) is 30.2. The average Bonchev–Trinajstić information content (AvgIpc) is 3.48. The number of hydrogen-bond acceptors (Lipinski definition) is 7. The van der Waals surface area contributed by atoms with Crippen molar-refractivity contribution in [1.29, 1.82) is 0 Å². The number of ether oxygens (including phenoxy) is 1. The highest BCUT2D eigenvalue weighted by molar-refractivity contribution is 6.08. The van der Waals surface area contributed by atoms with Gasteiger partial charge in [0, 0.05) is 55.2 Å². The summed E-state index contributed by atoms with van der Waals surface area (Å²) in [5, 5.41) is 13.9. The maximum Gasteiger partial charge on any atom is 0.350 e. The van der Waals surface area contributed by atoms with Crippen molar-refractivity contribution in [1.82, 2.24) is 14.3 Å². The van der Waals surface area contributed by atoms with Crippen LogP contribution in [0, 0.1) is 0 Å². The number of rotatable bonds is 13. The van der Waals surface area contributed by atoms with E-state index in [-0.39, 0.29) is 17.2 Å². The van der Waals surface area contributed by atoms with Crippen molar-refractivity contribution in [2.24, 2.45) is 0 Å². The average molecular weight is 618 g/mol. The largest absolute Gasteiger partial charge is 0.508 e. The molecule has 0 unspecified atom stereocenters. The van der Waals surface area contributed by atoms with E-state index in [1.165, 1.54) is 4.68 Å². The predicted molar refractivity (Wildman–Crippen MR) is 181 cm³/mol. The van der Waals surface area contributed by atoms with E-state index in [2.05, 4.69) is 27.0 Å². The number of nitrogens with zero attached hydrogens (tertiary/aromatic N) is 5. The molecule has 0 atom stereocenters. The normalized spacial score (nSPS) is 13.1. The number of carbonyl (C=O) groups excluding carboxylic acids is 1. The van der Waals surface area contributed by atoms with Gasteiger partial charge in [0.05, 0.1) is 12.3 Å². The maximum absolute atomic E-state index is 13.0. The fourth-order valence-electron chi connectivity index (χ4n) is 5.74. The lowest BCUT2D eigenvalue weighted by molar-refractivity contribution is 0.103. The Hall–Kier alpha value is -5.31. The van der Waals surface area contributed by atoms with Crippen molar-refractivity contribution in [3.05, 3.63) is 131 Å². The molecule has 1 fully saturated rings. The van der Waals surface area contributed by atoms with Crippen LogP contribution in [-0.4, -0.2) is 58.0 Å². The summed E-state index contributed by atoms with van der Waals surface area (Å²) in [6, 6.07) is 32.0. The molecular weight excluding hydrogens is 578 g/mol. The van der Waals surface area contributed by atoms with Gasteiger partial charge in [0.25, 0.3) is 0 Å². The van der Waals surface area contributed by atoms with E-state index in [1.54, 1.807) is 35.2 Å². The van der Waals surface area contributed by atoms with Crippen LogP contribution >= 0.6 is 0 Å². The predicted octanol–water partition coefficient (Wildman–Crippen LogP) is 5.94. The Balaban J connectivity index is 0.901. The zero-order chi connectivity index (χ0) is 31.7. The van der Waals surface area contributed by atoms with Crippen LogP contribution in [0.15, 0.2) is 114 Å². The third-order valence-electron chi connectivity index (χ3n) is 8.41. The van der Waals surface area contributed by atoms with Gasteiger partial charge >= 0.3 is 5.69 Å². The molecular formula is C37H39N5O4. The molecule has 5 aromatic rings. The molecule has 1 aliphatic rings. The van der Waals surface area contributed by atoms with E-state index < -0.39 is 0 Å². The quantitative estimate of drug-likeness (QED) is 0.129. The number of phenolic OH excluding ortho intramolecular Hbond substituents is 1. The minimum Gasteiger partial charge on any atom is -0.508 e. The Morgan fingerprint density at radius 3 is 1.89 bits per heavy atom. The SMILES string of the molecule is O=C(c1ccccc1)c1ccc(OCCCCCCn2ncn(-c3ccc(N4CCN(c5ccc(O)cc5)CC4)cc3)c2=O)cc1. The van der Waals surface area contributed by atoms with E-state index in [9.17, 15) is 14.7 Å². The van der Waals surface area contributed by atoms with E-state index in [1.807, 2.05) is 66.7 Å². The van der Waals surface area contributed by atoms with Gasteiger partial charge in [-0.1, -0.05) is 36.8 Å². The first-order valence-corrected chi connectivity index (χ1v) is 15.9. The van der Waals surface area contributed by atoms with Gasteiger partial charge < -0.3 is 19.6 Å². The molecule has 1 aliphatic heterocycles. The molecule has 46 heavy (non-hydrogen) atoms. The summed E-state index contributed by atoms with van der Waals surface area (Å²) in [5.74, 6) is 1.04. The minimum atomic E-state index is -0.132. The van der Waals surface area contributed by atoms with E-state index in [0.29, 0.717) is 24.3 Å². The first kappa shape index (κ1) is 30.7. The summed E-state index contributed by atoms with van der Waals surface area (Å²) in [5.41, 5.74) is 4.24. The number of benzene rings is 4. The number of piperazine rings is 1. The van der Waals surface area contributed by atoms with Gasteiger partial charge in [-0.2, -0.15) is 5.10 Å². The molecule has 0 radical (unpaired) electrons. The van der Waals surface area contributed by atoms with Gasteiger partial charge in [-0.15, -0.1) is 0 Å². The summed E-state index contributed by atoms with van der Waals surface area (Å²) < 4.78 is 8.99. The van der Waals surface area contributed by atoms with Crippen LogP contribution in [0.1, 0.15) is 41.6 Å². The monoisotopic (exact) mass is 617 g/mol. The Morgan fingerprint density at radius 2 is 1.24 bits per heavy atom. The zero-order valence-electron chi connectivity index (χ0n) is 25.9. The molecule has 1 N–H and O–H groups in total. The minimum absolute atomic E-state index is 0.00245. The van der Waals surface area contributed by atoms with Crippen molar-refractivity contribution >= 4 is 17.2 Å². The standard InChI is InChI=1S/C37H39N5O4/c43-34-18-16-32(17-19-34)40-25-23-39(24-26-40)31-12-14-33(15-13-31)41-28-38-42(37(41)45)22-6-1-2-7-27-46-35-20-10-30(11-21-35)36(44)29-8-4-3-5-9-29/h3-5,8-21,28,43H,1-2,6-7,22-27H2. The molecule has 0 spiro atoms. The van der Waals surface area contributed by atoms with Crippen LogP contribution in [0.25, 0.3) is 5.69 Å². The van der Waals surface area contributed by atoms with Crippen LogP contribution in [0.3, 0.4) is 0 Å². The lowest BCUT2D eigenvalue weighted by Crippen LogP contribution is -2.46. The summed E-state index contributed by atoms with van der Waals surface area (Å²) in [6.45, 7) is 4.78. The fraction of sp³-hybridized carbons (Fsp3) is 0.270. The summed E-state index contributed by atoms with van der Waals surface area (Å²) in [6.07, 6.45) is 5.33. The molecule has 0 saturated carbocycles. The highest BCUT2D eigenvalue weighted by atomic mass is 16.5. The highest BCUT2D eigenvalue weighted by Crippen LogP contribution is 2.23. The van der Waals surface area contributed by atoms with Crippen molar-refractivity contribution in [3.63, 3.8) is 0 Å². The third-order valence-corrected chi connectivity index (χ3v) is 8.41. The van der Waals surface area contributed by atoms with E-state index in [0.717, 1.165) is 74.7 Å². The summed E-state index contributed by atoms with van der Waals surface area (Å²) in [7, 11) is 0. The maximum atomic E-state index is 13.0. The third kappa shape index (κ3) is 7.48. The Kier molecular flexibility index (Phi) is 9.78. The molecule has 4 aromatic carbocycles. The van der Waals surface area contributed by atoms with Crippen molar-refractivity contribution in [2.45, 2.75) is 32.2 Å². The van der Waals surface area contributed by atoms with E-state index in [4.69, 9.17) is 4.74 Å². The topological polar surface area (TPSA) is 92.8 Å². The van der Waals surface area contributed by atoms with Gasteiger partial charge in [-0.25, -0.2) is 14.0 Å². The number of aromatic hydroxyl groups is 1. The molecule has 0 amide bonds. The summed E-state index contributed by atoms with van der Waals surface area (Å²) >= 11 is 0. The Labute approximate surface area is 268 Å². The molecule has 1 saturated heterocycles. The van der Waals surface area contributed by atoms with Gasteiger partial charge in [-0.3, -0.25) is 4.79 Å². The number of ketones is 1. The number of aryl methyl sites for hydroxylation is 1. The number of hydrogen-bond donors (Lipinski definition) is 1. The molecule has 1 aromatic heterocycles. The number of aromatic nitrogens is 3. The number of unbranched alkanes of at least 4 members (excludes halogenated alkanes) is 3. The first-order chi connectivity index (χ1) is 22.5. The van der Waals surface area contributed by atoms with Gasteiger partial charge in [-0.05, 0) is 92.1 Å². The second kappa shape index (κ2) is 14.6. The van der Waals surface area contributed by atoms with Gasteiger partial charge in [0.2, 0.25) is 0 Å². The lowest BCUT2D eigenvalue weighted by Gasteiger charge is -2.37. The second-order valence-electron chi connectivity index (χ2n) is 11.5. The van der Waals surface area contributed by atoms with Crippen molar-refractivity contribution in [3.8, 4) is 17.2 Å². The van der Waals surface area contributed by atoms with E-state index >= 15 is 0 Å². The Bertz CT molecular complexity index is 1760. The van der Waals surface area contributed by atoms with Crippen LogP contribution in [0.5, 0.6) is 11.5 Å². The molecule has 2 heterocycles. The molecule has 0 aliphatic carbocycles. The van der Waals surface area contributed by atoms with Crippen molar-refractivity contribution in [2.75, 3.05) is 42.6 Å². The van der Waals surface area contributed by atoms with Gasteiger partial charge in [0.1, 0.15) is 17.8 Å². The molecule has 6 rings (SSSR count). The van der Waals surface area contributed by atoms with Crippen LogP contribution in [0.2, 0.25) is 0 Å². The molecule has 9 heteroatoms. The number of anilines is 2. The second-order valence-corrected chi connectivity index (χ2v) is 11.5. The fourth-order valence-corrected chi connectivity index (χ4v) is 5.74. The molecule has 0 bridgehead atoms. The highest BCUT2D eigenvalue weighted by Gasteiger charge is 2.18. The molecule has 9 nitrogen and oxygen atoms in total. The zero-order valence-corrected chi connectivity index (χ0v) is 25.9. The smallest absolute Gasteiger partial charge is 0.350 e.